The first kappa shape index (κ1) is 18.8. The number of hydrogen-bond donors (Lipinski definition) is 2. The van der Waals surface area contributed by atoms with Gasteiger partial charge in [0, 0.05) is 24.7 Å². The molecule has 140 valence electrons. The SMILES string of the molecule is CC(C)N1C(=O)c2ccc(C(=O)NCCNC(=O)c3cccs3)cc2C1=O. The van der Waals surface area contributed by atoms with Crippen molar-refractivity contribution in [3.63, 3.8) is 0 Å². The van der Waals surface area contributed by atoms with Crippen molar-refractivity contribution in [2.45, 2.75) is 19.9 Å². The van der Waals surface area contributed by atoms with Gasteiger partial charge in [0.2, 0.25) is 0 Å². The summed E-state index contributed by atoms with van der Waals surface area (Å²) in [6, 6.07) is 7.74. The molecular formula is C19H19N3O4S. The van der Waals surface area contributed by atoms with Crippen molar-refractivity contribution in [3.8, 4) is 0 Å². The molecule has 27 heavy (non-hydrogen) atoms. The molecule has 0 atom stereocenters. The topological polar surface area (TPSA) is 95.6 Å². The zero-order chi connectivity index (χ0) is 19.6. The first-order valence-corrected chi connectivity index (χ1v) is 9.40. The van der Waals surface area contributed by atoms with E-state index in [0.29, 0.717) is 16.0 Å². The lowest BCUT2D eigenvalue weighted by molar-refractivity contribution is 0.0608. The van der Waals surface area contributed by atoms with Gasteiger partial charge in [-0.3, -0.25) is 24.1 Å². The molecule has 4 amide bonds. The number of carbonyl (C=O) groups excluding carboxylic acids is 4. The molecule has 0 radical (unpaired) electrons. The second-order valence-corrected chi connectivity index (χ2v) is 7.27. The largest absolute Gasteiger partial charge is 0.350 e. The van der Waals surface area contributed by atoms with Gasteiger partial charge in [-0.05, 0) is 43.5 Å². The lowest BCUT2D eigenvalue weighted by Crippen LogP contribution is -2.36. The minimum atomic E-state index is -0.386. The maximum atomic E-state index is 12.4. The summed E-state index contributed by atoms with van der Waals surface area (Å²) < 4.78 is 0. The highest BCUT2D eigenvalue weighted by Gasteiger charge is 2.37. The van der Waals surface area contributed by atoms with Gasteiger partial charge in [-0.25, -0.2) is 0 Å². The minimum absolute atomic E-state index is 0.185. The van der Waals surface area contributed by atoms with Gasteiger partial charge in [0.1, 0.15) is 0 Å². The molecule has 0 fully saturated rings. The van der Waals surface area contributed by atoms with Gasteiger partial charge in [-0.2, -0.15) is 0 Å². The first-order chi connectivity index (χ1) is 12.9. The highest BCUT2D eigenvalue weighted by molar-refractivity contribution is 7.12. The lowest BCUT2D eigenvalue weighted by atomic mass is 10.1. The van der Waals surface area contributed by atoms with Crippen LogP contribution in [0.2, 0.25) is 0 Å². The van der Waals surface area contributed by atoms with E-state index in [9.17, 15) is 19.2 Å². The van der Waals surface area contributed by atoms with Gasteiger partial charge in [0.15, 0.2) is 0 Å². The van der Waals surface area contributed by atoms with E-state index in [1.807, 2.05) is 5.38 Å². The van der Waals surface area contributed by atoms with E-state index >= 15 is 0 Å². The van der Waals surface area contributed by atoms with Crippen LogP contribution in [0, 0.1) is 0 Å². The number of nitrogens with zero attached hydrogens (tertiary/aromatic N) is 1. The van der Waals surface area contributed by atoms with Crippen LogP contribution in [0.25, 0.3) is 0 Å². The standard InChI is InChI=1S/C19H19N3O4S/c1-11(2)22-18(25)13-6-5-12(10-14(13)19(22)26)16(23)20-7-8-21-17(24)15-4-3-9-27-15/h3-6,9-11H,7-8H2,1-2H3,(H,20,23)(H,21,24). The lowest BCUT2D eigenvalue weighted by Gasteiger charge is -2.17. The van der Waals surface area contributed by atoms with Gasteiger partial charge in [-0.15, -0.1) is 11.3 Å². The Morgan fingerprint density at radius 1 is 1.00 bits per heavy atom. The van der Waals surface area contributed by atoms with E-state index < -0.39 is 0 Å². The Kier molecular flexibility index (Phi) is 5.36. The Morgan fingerprint density at radius 3 is 2.30 bits per heavy atom. The molecule has 0 spiro atoms. The summed E-state index contributed by atoms with van der Waals surface area (Å²) in [5.41, 5.74) is 0.853. The highest BCUT2D eigenvalue weighted by Crippen LogP contribution is 2.25. The normalized spacial score (nSPS) is 13.1. The number of imide groups is 1. The average molecular weight is 385 g/mol. The van der Waals surface area contributed by atoms with Crippen LogP contribution in [0.4, 0.5) is 0 Å². The van der Waals surface area contributed by atoms with Crippen LogP contribution in [0.5, 0.6) is 0 Å². The molecule has 0 saturated carbocycles. The maximum Gasteiger partial charge on any atom is 0.261 e. The number of thiophene rings is 1. The predicted octanol–water partition coefficient (Wildman–Crippen LogP) is 1.91. The number of hydrogen-bond acceptors (Lipinski definition) is 5. The molecule has 7 nitrogen and oxygen atoms in total. The summed E-state index contributed by atoms with van der Waals surface area (Å²) in [4.78, 5) is 50.6. The van der Waals surface area contributed by atoms with E-state index in [0.717, 1.165) is 0 Å². The van der Waals surface area contributed by atoms with Crippen LogP contribution in [-0.4, -0.2) is 47.7 Å². The van der Waals surface area contributed by atoms with Crippen LogP contribution in [0.1, 0.15) is 54.6 Å². The quantitative estimate of drug-likeness (QED) is 0.587. The summed E-state index contributed by atoms with van der Waals surface area (Å²) in [5, 5.41) is 7.22. The number of benzene rings is 1. The molecule has 1 aromatic heterocycles. The molecule has 1 aromatic carbocycles. The smallest absolute Gasteiger partial charge is 0.261 e. The van der Waals surface area contributed by atoms with E-state index in [-0.39, 0.29) is 48.3 Å². The van der Waals surface area contributed by atoms with Crippen LogP contribution in [-0.2, 0) is 0 Å². The third-order valence-corrected chi connectivity index (χ3v) is 5.01. The maximum absolute atomic E-state index is 12.4. The highest BCUT2D eigenvalue weighted by atomic mass is 32.1. The van der Waals surface area contributed by atoms with Crippen LogP contribution >= 0.6 is 11.3 Å². The minimum Gasteiger partial charge on any atom is -0.350 e. The summed E-state index contributed by atoms with van der Waals surface area (Å²) in [7, 11) is 0. The van der Waals surface area contributed by atoms with E-state index in [1.54, 1.807) is 26.0 Å². The van der Waals surface area contributed by atoms with Crippen molar-refractivity contribution in [1.29, 1.82) is 0 Å². The summed E-state index contributed by atoms with van der Waals surface area (Å²) in [6.45, 7) is 4.06. The summed E-state index contributed by atoms with van der Waals surface area (Å²) >= 11 is 1.34. The fourth-order valence-corrected chi connectivity index (χ4v) is 3.46. The summed E-state index contributed by atoms with van der Waals surface area (Å²) in [5.74, 6) is -1.28. The molecular weight excluding hydrogens is 366 g/mol. The number of carbonyl (C=O) groups is 4. The molecule has 0 bridgehead atoms. The van der Waals surface area contributed by atoms with Gasteiger partial charge < -0.3 is 10.6 Å². The molecule has 2 N–H and O–H groups in total. The van der Waals surface area contributed by atoms with Crippen molar-refractivity contribution in [3.05, 3.63) is 57.3 Å². The van der Waals surface area contributed by atoms with Gasteiger partial charge in [-0.1, -0.05) is 6.07 Å². The average Bonchev–Trinajstić information content (AvgIpc) is 3.26. The number of rotatable bonds is 6. The second kappa shape index (κ2) is 7.71. The fraction of sp³-hybridized carbons (Fsp3) is 0.263. The Labute approximate surface area is 160 Å². The molecule has 0 unspecified atom stereocenters. The zero-order valence-corrected chi connectivity index (χ0v) is 15.8. The predicted molar refractivity (Wildman–Crippen MR) is 101 cm³/mol. The van der Waals surface area contributed by atoms with Crippen molar-refractivity contribution in [2.75, 3.05) is 13.1 Å². The van der Waals surface area contributed by atoms with Crippen molar-refractivity contribution in [1.82, 2.24) is 15.5 Å². The Balaban J connectivity index is 1.58. The zero-order valence-electron chi connectivity index (χ0n) is 14.9. The van der Waals surface area contributed by atoms with Gasteiger partial charge >= 0.3 is 0 Å². The first-order valence-electron chi connectivity index (χ1n) is 8.52. The molecule has 2 heterocycles. The molecule has 1 aliphatic heterocycles. The van der Waals surface area contributed by atoms with Crippen LogP contribution in [0.3, 0.4) is 0 Å². The Hall–Kier alpha value is -3.00. The summed E-state index contributed by atoms with van der Waals surface area (Å²) in [6.07, 6.45) is 0. The fourth-order valence-electron chi connectivity index (χ4n) is 2.82. The van der Waals surface area contributed by atoms with E-state index in [4.69, 9.17) is 0 Å². The molecule has 3 rings (SSSR count). The third kappa shape index (κ3) is 3.75. The van der Waals surface area contributed by atoms with Gasteiger partial charge in [0.05, 0.1) is 16.0 Å². The number of fused-ring (bicyclic) bond motifs is 1. The van der Waals surface area contributed by atoms with Crippen molar-refractivity contribution < 1.29 is 19.2 Å². The Bertz CT molecular complexity index is 906. The Morgan fingerprint density at radius 2 is 1.67 bits per heavy atom. The second-order valence-electron chi connectivity index (χ2n) is 6.32. The van der Waals surface area contributed by atoms with Gasteiger partial charge in [0.25, 0.3) is 23.6 Å². The van der Waals surface area contributed by atoms with Crippen LogP contribution in [0.15, 0.2) is 35.7 Å². The molecule has 2 aromatic rings. The third-order valence-electron chi connectivity index (χ3n) is 4.14. The molecule has 0 aliphatic carbocycles. The van der Waals surface area contributed by atoms with Crippen molar-refractivity contribution in [2.24, 2.45) is 0 Å². The molecule has 1 aliphatic rings. The monoisotopic (exact) mass is 385 g/mol. The van der Waals surface area contributed by atoms with Crippen LogP contribution < -0.4 is 10.6 Å². The molecule has 0 saturated heterocycles. The van der Waals surface area contributed by atoms with Crippen molar-refractivity contribution >= 4 is 35.0 Å². The molecule has 8 heteroatoms. The van der Waals surface area contributed by atoms with E-state index in [2.05, 4.69) is 10.6 Å². The number of amides is 4. The number of nitrogens with one attached hydrogen (secondary N) is 2. The van der Waals surface area contributed by atoms with E-state index in [1.165, 1.54) is 34.4 Å².